The zero-order valence-corrected chi connectivity index (χ0v) is 13.0. The number of anilines is 1. The third-order valence-corrected chi connectivity index (χ3v) is 3.22. The van der Waals surface area contributed by atoms with Gasteiger partial charge in [-0.25, -0.2) is 0 Å². The second kappa shape index (κ2) is 9.13. The standard InChI is InChI=1S/C13H19N3O2.2ClH/c1-9-6-11(8-15-7-9)16-13(17)12(14)10-2-4-18-5-3-10;;/h6-8,10,12H,2-5,14H2,1H3,(H,16,17);2*1H. The summed E-state index contributed by atoms with van der Waals surface area (Å²) in [5.41, 5.74) is 7.69. The second-order valence-electron chi connectivity index (χ2n) is 4.72. The van der Waals surface area contributed by atoms with Gasteiger partial charge in [-0.1, -0.05) is 0 Å². The van der Waals surface area contributed by atoms with E-state index >= 15 is 0 Å². The van der Waals surface area contributed by atoms with Crippen LogP contribution in [0.15, 0.2) is 18.5 Å². The van der Waals surface area contributed by atoms with E-state index in [0.717, 1.165) is 18.4 Å². The molecule has 1 aliphatic heterocycles. The lowest BCUT2D eigenvalue weighted by atomic mass is 9.92. The zero-order chi connectivity index (χ0) is 13.0. The number of carbonyl (C=O) groups is 1. The van der Waals surface area contributed by atoms with Crippen molar-refractivity contribution in [1.29, 1.82) is 0 Å². The van der Waals surface area contributed by atoms with Crippen LogP contribution in [0, 0.1) is 12.8 Å². The number of rotatable bonds is 3. The molecule has 0 aromatic carbocycles. The van der Waals surface area contributed by atoms with Crippen LogP contribution in [-0.4, -0.2) is 30.1 Å². The van der Waals surface area contributed by atoms with E-state index in [1.807, 2.05) is 13.0 Å². The van der Waals surface area contributed by atoms with Crippen molar-refractivity contribution < 1.29 is 9.53 Å². The summed E-state index contributed by atoms with van der Waals surface area (Å²) in [7, 11) is 0. The highest BCUT2D eigenvalue weighted by Crippen LogP contribution is 2.18. The van der Waals surface area contributed by atoms with Gasteiger partial charge in [-0.15, -0.1) is 24.8 Å². The fourth-order valence-electron chi connectivity index (χ4n) is 2.14. The number of hydrogen-bond acceptors (Lipinski definition) is 4. The fraction of sp³-hybridized carbons (Fsp3) is 0.538. The molecule has 5 nitrogen and oxygen atoms in total. The van der Waals surface area contributed by atoms with Crippen molar-refractivity contribution in [2.75, 3.05) is 18.5 Å². The van der Waals surface area contributed by atoms with Gasteiger partial charge in [0.1, 0.15) is 0 Å². The van der Waals surface area contributed by atoms with E-state index in [9.17, 15) is 4.79 Å². The van der Waals surface area contributed by atoms with E-state index in [1.54, 1.807) is 12.4 Å². The van der Waals surface area contributed by atoms with Crippen LogP contribution in [-0.2, 0) is 9.53 Å². The Kier molecular flexibility index (Phi) is 8.73. The Bertz CT molecular complexity index is 426. The van der Waals surface area contributed by atoms with E-state index in [4.69, 9.17) is 10.5 Å². The highest BCUT2D eigenvalue weighted by atomic mass is 35.5. The van der Waals surface area contributed by atoms with Gasteiger partial charge in [-0.05, 0) is 37.3 Å². The summed E-state index contributed by atoms with van der Waals surface area (Å²) < 4.78 is 5.27. The number of halogens is 2. The second-order valence-corrected chi connectivity index (χ2v) is 4.72. The van der Waals surface area contributed by atoms with Crippen LogP contribution < -0.4 is 11.1 Å². The largest absolute Gasteiger partial charge is 0.381 e. The number of nitrogens with one attached hydrogen (secondary N) is 1. The molecule has 1 saturated heterocycles. The molecule has 0 spiro atoms. The predicted octanol–water partition coefficient (Wildman–Crippen LogP) is 1.93. The van der Waals surface area contributed by atoms with Crippen LogP contribution in [0.2, 0.25) is 0 Å². The van der Waals surface area contributed by atoms with Crippen molar-refractivity contribution in [3.63, 3.8) is 0 Å². The van der Waals surface area contributed by atoms with Gasteiger partial charge < -0.3 is 15.8 Å². The molecule has 1 unspecified atom stereocenters. The van der Waals surface area contributed by atoms with E-state index in [-0.39, 0.29) is 36.6 Å². The van der Waals surface area contributed by atoms with Crippen molar-refractivity contribution in [2.45, 2.75) is 25.8 Å². The number of hydrogen-bond donors (Lipinski definition) is 2. The van der Waals surface area contributed by atoms with Crippen LogP contribution in [0.3, 0.4) is 0 Å². The average Bonchev–Trinajstić information content (AvgIpc) is 2.39. The molecule has 0 aliphatic carbocycles. The topological polar surface area (TPSA) is 77.2 Å². The normalized spacial score (nSPS) is 16.5. The first kappa shape index (κ1) is 19.1. The molecule has 1 atom stereocenters. The van der Waals surface area contributed by atoms with Crippen molar-refractivity contribution in [3.8, 4) is 0 Å². The lowest BCUT2D eigenvalue weighted by Crippen LogP contribution is -2.44. The smallest absolute Gasteiger partial charge is 0.241 e. The summed E-state index contributed by atoms with van der Waals surface area (Å²) in [4.78, 5) is 16.1. The Labute approximate surface area is 131 Å². The van der Waals surface area contributed by atoms with E-state index in [2.05, 4.69) is 10.3 Å². The molecule has 20 heavy (non-hydrogen) atoms. The monoisotopic (exact) mass is 321 g/mol. The molecule has 1 fully saturated rings. The summed E-state index contributed by atoms with van der Waals surface area (Å²) in [5, 5.41) is 2.81. The molecule has 3 N–H and O–H groups in total. The fourth-order valence-corrected chi connectivity index (χ4v) is 2.14. The molecule has 1 aromatic heterocycles. The highest BCUT2D eigenvalue weighted by Gasteiger charge is 2.26. The molecule has 7 heteroatoms. The summed E-state index contributed by atoms with van der Waals surface area (Å²) in [6, 6.07) is 1.40. The van der Waals surface area contributed by atoms with Crippen LogP contribution in [0.5, 0.6) is 0 Å². The molecular formula is C13H21Cl2N3O2. The molecule has 2 rings (SSSR count). The number of ether oxygens (including phenoxy) is 1. The van der Waals surface area contributed by atoms with Crippen LogP contribution >= 0.6 is 24.8 Å². The number of carbonyl (C=O) groups excluding carboxylic acids is 1. The van der Waals surface area contributed by atoms with Gasteiger partial charge in [-0.2, -0.15) is 0 Å². The van der Waals surface area contributed by atoms with Crippen molar-refractivity contribution in [1.82, 2.24) is 4.98 Å². The molecule has 0 bridgehead atoms. The van der Waals surface area contributed by atoms with Gasteiger partial charge in [0.25, 0.3) is 0 Å². The third kappa shape index (κ3) is 5.25. The van der Waals surface area contributed by atoms with Crippen molar-refractivity contribution in [2.24, 2.45) is 11.7 Å². The van der Waals surface area contributed by atoms with Crippen LogP contribution in [0.25, 0.3) is 0 Å². The molecule has 1 amide bonds. The third-order valence-electron chi connectivity index (χ3n) is 3.22. The lowest BCUT2D eigenvalue weighted by molar-refractivity contribution is -0.119. The minimum atomic E-state index is -0.477. The lowest BCUT2D eigenvalue weighted by Gasteiger charge is -2.26. The number of nitrogens with two attached hydrogens (primary N) is 1. The number of amides is 1. The highest BCUT2D eigenvalue weighted by molar-refractivity contribution is 5.94. The molecule has 1 aliphatic rings. The van der Waals surface area contributed by atoms with E-state index in [0.29, 0.717) is 18.9 Å². The maximum Gasteiger partial charge on any atom is 0.241 e. The minimum Gasteiger partial charge on any atom is -0.381 e. The van der Waals surface area contributed by atoms with Gasteiger partial charge in [0.15, 0.2) is 0 Å². The molecule has 1 aromatic rings. The molecule has 0 radical (unpaired) electrons. The summed E-state index contributed by atoms with van der Waals surface area (Å²) in [6.45, 7) is 3.32. The van der Waals surface area contributed by atoms with Gasteiger partial charge >= 0.3 is 0 Å². The maximum absolute atomic E-state index is 12.0. The first-order valence-corrected chi connectivity index (χ1v) is 6.22. The Morgan fingerprint density at radius 1 is 1.40 bits per heavy atom. The Hall–Kier alpha value is -0.880. The van der Waals surface area contributed by atoms with Gasteiger partial charge in [0.2, 0.25) is 5.91 Å². The quantitative estimate of drug-likeness (QED) is 0.891. The molecule has 114 valence electrons. The number of aryl methyl sites for hydroxylation is 1. The van der Waals surface area contributed by atoms with Gasteiger partial charge in [-0.3, -0.25) is 9.78 Å². The van der Waals surface area contributed by atoms with Gasteiger partial charge in [0, 0.05) is 19.4 Å². The SMILES string of the molecule is Cc1cncc(NC(=O)C(N)C2CCOCC2)c1.Cl.Cl. The first-order chi connectivity index (χ1) is 8.66. The maximum atomic E-state index is 12.0. The Morgan fingerprint density at radius 3 is 2.65 bits per heavy atom. The van der Waals surface area contributed by atoms with E-state index < -0.39 is 6.04 Å². The van der Waals surface area contributed by atoms with Crippen LogP contribution in [0.1, 0.15) is 18.4 Å². The molecular weight excluding hydrogens is 301 g/mol. The minimum absolute atomic E-state index is 0. The Balaban J connectivity index is 0.00000180. The van der Waals surface area contributed by atoms with Crippen molar-refractivity contribution >= 4 is 36.4 Å². The summed E-state index contributed by atoms with van der Waals surface area (Å²) in [5.74, 6) is 0.0609. The number of pyridine rings is 1. The number of nitrogens with zero attached hydrogens (tertiary/aromatic N) is 1. The van der Waals surface area contributed by atoms with Crippen LogP contribution in [0.4, 0.5) is 5.69 Å². The van der Waals surface area contributed by atoms with Crippen molar-refractivity contribution in [3.05, 3.63) is 24.0 Å². The van der Waals surface area contributed by atoms with Gasteiger partial charge in [0.05, 0.1) is 17.9 Å². The van der Waals surface area contributed by atoms with E-state index in [1.165, 1.54) is 0 Å². The predicted molar refractivity (Wildman–Crippen MR) is 83.6 cm³/mol. The molecule has 0 saturated carbocycles. The zero-order valence-electron chi connectivity index (χ0n) is 11.4. The first-order valence-electron chi connectivity index (χ1n) is 6.22. The Morgan fingerprint density at radius 2 is 2.05 bits per heavy atom. The number of aromatic nitrogens is 1. The molecule has 2 heterocycles. The summed E-state index contributed by atoms with van der Waals surface area (Å²) in [6.07, 6.45) is 5.07. The summed E-state index contributed by atoms with van der Waals surface area (Å²) >= 11 is 0. The average molecular weight is 322 g/mol.